The molecule has 1 aliphatic rings. The maximum atomic E-state index is 12.1. The first kappa shape index (κ1) is 18.8. The fourth-order valence-corrected chi connectivity index (χ4v) is 2.78. The summed E-state index contributed by atoms with van der Waals surface area (Å²) in [5, 5.41) is 5.38. The molecular weight excluding hydrogens is 345 g/mol. The van der Waals surface area contributed by atoms with Crippen LogP contribution in [-0.2, 0) is 0 Å². The predicted molar refractivity (Wildman–Crippen MR) is 90.7 cm³/mol. The Morgan fingerprint density at radius 3 is 2.77 bits per heavy atom. The van der Waals surface area contributed by atoms with Crippen LogP contribution in [0.25, 0.3) is 10.7 Å². The summed E-state index contributed by atoms with van der Waals surface area (Å²) in [6, 6.07) is 0.0594. The van der Waals surface area contributed by atoms with Gasteiger partial charge in [-0.25, -0.2) is 4.98 Å². The van der Waals surface area contributed by atoms with E-state index in [9.17, 15) is 4.79 Å². The molecule has 2 aromatic rings. The molecule has 2 heterocycles. The third-order valence-corrected chi connectivity index (χ3v) is 4.15. The van der Waals surface area contributed by atoms with Crippen molar-refractivity contribution in [1.82, 2.24) is 20.3 Å². The molecule has 6 nitrogen and oxygen atoms in total. The van der Waals surface area contributed by atoms with E-state index in [0.717, 1.165) is 12.8 Å². The highest BCUT2D eigenvalue weighted by Crippen LogP contribution is 2.32. The number of aromatic nitrogens is 3. The second-order valence-electron chi connectivity index (χ2n) is 4.78. The van der Waals surface area contributed by atoms with E-state index in [-0.39, 0.29) is 36.8 Å². The van der Waals surface area contributed by atoms with Crippen molar-refractivity contribution in [2.45, 2.75) is 18.9 Å². The molecule has 0 saturated heterocycles. The van der Waals surface area contributed by atoms with Gasteiger partial charge in [0.1, 0.15) is 16.4 Å². The van der Waals surface area contributed by atoms with Crippen LogP contribution in [0, 0.1) is 5.92 Å². The van der Waals surface area contributed by atoms with Crippen molar-refractivity contribution in [1.29, 1.82) is 0 Å². The lowest BCUT2D eigenvalue weighted by Gasteiger charge is -2.14. The number of rotatable bonds is 5. The molecule has 1 amide bonds. The quantitative estimate of drug-likeness (QED) is 0.848. The number of nitrogens with two attached hydrogens (primary N) is 1. The van der Waals surface area contributed by atoms with Gasteiger partial charge < -0.3 is 11.1 Å². The number of amides is 1. The fourth-order valence-electron chi connectivity index (χ4n) is 2.02. The van der Waals surface area contributed by atoms with Gasteiger partial charge in [0.25, 0.3) is 5.91 Å². The van der Waals surface area contributed by atoms with Gasteiger partial charge in [0, 0.05) is 30.4 Å². The van der Waals surface area contributed by atoms with Gasteiger partial charge in [0.15, 0.2) is 0 Å². The second-order valence-corrected chi connectivity index (χ2v) is 5.64. The minimum atomic E-state index is -0.168. The van der Waals surface area contributed by atoms with Crippen molar-refractivity contribution < 1.29 is 4.79 Å². The van der Waals surface area contributed by atoms with Crippen molar-refractivity contribution in [2.24, 2.45) is 11.7 Å². The predicted octanol–water partition coefficient (Wildman–Crippen LogP) is 1.91. The molecule has 3 rings (SSSR count). The molecule has 1 saturated carbocycles. The number of carbonyl (C=O) groups is 1. The molecule has 1 atom stereocenters. The maximum absolute atomic E-state index is 12.1. The van der Waals surface area contributed by atoms with E-state index >= 15 is 0 Å². The second kappa shape index (κ2) is 8.38. The molecule has 0 spiro atoms. The standard InChI is InChI=1S/C13H15N5OS.2ClH/c14-5-9(8-1-2-8)17-12(19)11-7-20-13(18-11)10-6-15-3-4-16-10;;/h3-4,6-9H,1-2,5,14H2,(H,17,19);2*1H. The number of nitrogens with zero attached hydrogens (tertiary/aromatic N) is 3. The van der Waals surface area contributed by atoms with Crippen LogP contribution in [0.15, 0.2) is 24.0 Å². The zero-order chi connectivity index (χ0) is 13.9. The molecule has 3 N–H and O–H groups in total. The Balaban J connectivity index is 0.00000121. The Labute approximate surface area is 144 Å². The van der Waals surface area contributed by atoms with Gasteiger partial charge >= 0.3 is 0 Å². The van der Waals surface area contributed by atoms with E-state index in [4.69, 9.17) is 5.73 Å². The summed E-state index contributed by atoms with van der Waals surface area (Å²) in [6.07, 6.45) is 7.13. The molecule has 0 aliphatic heterocycles. The highest BCUT2D eigenvalue weighted by Gasteiger charge is 2.31. The maximum Gasteiger partial charge on any atom is 0.271 e. The SMILES string of the molecule is Cl.Cl.NCC(NC(=O)c1csc(-c2cnccn2)n1)C1CC1. The van der Waals surface area contributed by atoms with Crippen LogP contribution in [-0.4, -0.2) is 33.4 Å². The monoisotopic (exact) mass is 361 g/mol. The van der Waals surface area contributed by atoms with Gasteiger partial charge in [-0.2, -0.15) is 0 Å². The van der Waals surface area contributed by atoms with E-state index in [2.05, 4.69) is 20.3 Å². The summed E-state index contributed by atoms with van der Waals surface area (Å²) in [7, 11) is 0. The molecule has 120 valence electrons. The summed E-state index contributed by atoms with van der Waals surface area (Å²) < 4.78 is 0. The van der Waals surface area contributed by atoms with Gasteiger partial charge in [0.05, 0.1) is 6.20 Å². The summed E-state index contributed by atoms with van der Waals surface area (Å²) in [6.45, 7) is 0.470. The Hall–Kier alpha value is -1.28. The number of hydrogen-bond donors (Lipinski definition) is 2. The average molecular weight is 362 g/mol. The molecule has 9 heteroatoms. The average Bonchev–Trinajstić information content (AvgIpc) is 3.21. The molecule has 0 bridgehead atoms. The molecule has 1 unspecified atom stereocenters. The normalized spacial score (nSPS) is 14.4. The van der Waals surface area contributed by atoms with E-state index in [1.807, 2.05) is 0 Å². The summed E-state index contributed by atoms with van der Waals surface area (Å²) in [4.78, 5) is 24.6. The van der Waals surface area contributed by atoms with E-state index in [1.165, 1.54) is 11.3 Å². The Morgan fingerprint density at radius 1 is 1.41 bits per heavy atom. The number of hydrogen-bond acceptors (Lipinski definition) is 6. The zero-order valence-corrected chi connectivity index (χ0v) is 14.1. The van der Waals surface area contributed by atoms with E-state index < -0.39 is 0 Å². The third-order valence-electron chi connectivity index (χ3n) is 3.28. The van der Waals surface area contributed by atoms with Crippen molar-refractivity contribution in [2.75, 3.05) is 6.54 Å². The smallest absolute Gasteiger partial charge is 0.271 e. The van der Waals surface area contributed by atoms with Gasteiger partial charge in [0.2, 0.25) is 0 Å². The van der Waals surface area contributed by atoms with Crippen LogP contribution in [0.2, 0.25) is 0 Å². The lowest BCUT2D eigenvalue weighted by Crippen LogP contribution is -2.41. The highest BCUT2D eigenvalue weighted by atomic mass is 35.5. The van der Waals surface area contributed by atoms with Crippen molar-refractivity contribution in [3.63, 3.8) is 0 Å². The third kappa shape index (κ3) is 4.36. The van der Waals surface area contributed by atoms with Crippen molar-refractivity contribution in [3.05, 3.63) is 29.7 Å². The van der Waals surface area contributed by atoms with Crippen molar-refractivity contribution >= 4 is 42.1 Å². The number of nitrogens with one attached hydrogen (secondary N) is 1. The van der Waals surface area contributed by atoms with Gasteiger partial charge in [-0.3, -0.25) is 14.8 Å². The van der Waals surface area contributed by atoms with E-state index in [0.29, 0.717) is 28.9 Å². The molecule has 1 aliphatic carbocycles. The molecule has 2 aromatic heterocycles. The van der Waals surface area contributed by atoms with Crippen LogP contribution in [0.3, 0.4) is 0 Å². The molecular formula is C13H17Cl2N5OS. The van der Waals surface area contributed by atoms with Crippen molar-refractivity contribution in [3.8, 4) is 10.7 Å². The fraction of sp³-hybridized carbons (Fsp3) is 0.385. The lowest BCUT2D eigenvalue weighted by atomic mass is 10.2. The van der Waals surface area contributed by atoms with Gasteiger partial charge in [-0.1, -0.05) is 0 Å². The van der Waals surface area contributed by atoms with Crippen LogP contribution in [0.1, 0.15) is 23.3 Å². The molecule has 1 fully saturated rings. The summed E-state index contributed by atoms with van der Waals surface area (Å²) >= 11 is 1.38. The van der Waals surface area contributed by atoms with Gasteiger partial charge in [-0.15, -0.1) is 36.2 Å². The number of halogens is 2. The summed E-state index contributed by atoms with van der Waals surface area (Å²) in [5.74, 6) is 0.362. The molecule has 0 radical (unpaired) electrons. The topological polar surface area (TPSA) is 93.8 Å². The number of thiazole rings is 1. The summed E-state index contributed by atoms with van der Waals surface area (Å²) in [5.41, 5.74) is 6.77. The van der Waals surface area contributed by atoms with Crippen LogP contribution in [0.4, 0.5) is 0 Å². The first-order chi connectivity index (χ1) is 9.78. The molecule has 0 aromatic carbocycles. The minimum absolute atomic E-state index is 0. The van der Waals surface area contributed by atoms with E-state index in [1.54, 1.807) is 24.0 Å². The minimum Gasteiger partial charge on any atom is -0.346 e. The Morgan fingerprint density at radius 2 is 2.18 bits per heavy atom. The van der Waals surface area contributed by atoms with Crippen LogP contribution in [0.5, 0.6) is 0 Å². The Kier molecular flexibility index (Phi) is 7.15. The zero-order valence-electron chi connectivity index (χ0n) is 11.6. The molecule has 22 heavy (non-hydrogen) atoms. The largest absolute Gasteiger partial charge is 0.346 e. The van der Waals surface area contributed by atoms with Crippen LogP contribution < -0.4 is 11.1 Å². The van der Waals surface area contributed by atoms with Crippen LogP contribution >= 0.6 is 36.2 Å². The Bertz CT molecular complexity index is 605. The first-order valence-corrected chi connectivity index (χ1v) is 7.38. The number of carbonyl (C=O) groups excluding carboxylic acids is 1. The highest BCUT2D eigenvalue weighted by molar-refractivity contribution is 7.13. The first-order valence-electron chi connectivity index (χ1n) is 6.51. The lowest BCUT2D eigenvalue weighted by molar-refractivity contribution is 0.0929. The van der Waals surface area contributed by atoms with Gasteiger partial charge in [-0.05, 0) is 18.8 Å².